The van der Waals surface area contributed by atoms with Crippen molar-refractivity contribution in [3.05, 3.63) is 47.5 Å². The number of nitrogens with zero attached hydrogens (tertiary/aromatic N) is 1. The molecule has 154 valence electrons. The Labute approximate surface area is 169 Å². The van der Waals surface area contributed by atoms with E-state index < -0.39 is 21.9 Å². The van der Waals surface area contributed by atoms with Gasteiger partial charge >= 0.3 is 5.97 Å². The molecule has 2 aromatic rings. The predicted octanol–water partition coefficient (Wildman–Crippen LogP) is 3.05. The number of sulfonamides is 1. The zero-order valence-electron chi connectivity index (χ0n) is 16.2. The molecule has 1 fully saturated rings. The molecule has 0 bridgehead atoms. The Kier molecular flexibility index (Phi) is 5.78. The van der Waals surface area contributed by atoms with Crippen LogP contribution in [0.4, 0.5) is 17.1 Å². The topological polar surface area (TPSA) is 116 Å². The highest BCUT2D eigenvalue weighted by atomic mass is 32.2. The molecular weight excluding hydrogens is 394 g/mol. The molecule has 0 radical (unpaired) electrons. The first-order valence-corrected chi connectivity index (χ1v) is 10.7. The first-order chi connectivity index (χ1) is 13.7. The third kappa shape index (κ3) is 4.68. The fourth-order valence-electron chi connectivity index (χ4n) is 3.31. The van der Waals surface area contributed by atoms with Crippen LogP contribution < -0.4 is 14.9 Å². The van der Waals surface area contributed by atoms with Crippen molar-refractivity contribution in [1.29, 1.82) is 0 Å². The largest absolute Gasteiger partial charge is 0.478 e. The minimum absolute atomic E-state index is 0.0317. The summed E-state index contributed by atoms with van der Waals surface area (Å²) in [5.41, 5.74) is 1.39. The molecular formula is C20H23N3O5S. The van der Waals surface area contributed by atoms with Gasteiger partial charge in [0.15, 0.2) is 0 Å². The lowest BCUT2D eigenvalue weighted by Crippen LogP contribution is -2.20. The third-order valence-corrected chi connectivity index (χ3v) is 6.09. The standard InChI is InChI=1S/C20H23N3O5S/c1-13-5-7-18(21-14(2)24)19(11-13)29(27,28)22-17-8-6-15(12-16(17)20(25)26)23-9-3-4-10-23/h5-8,11-12,22H,3-4,9-10H2,1-2H3,(H,21,24)(H,25,26). The van der Waals surface area contributed by atoms with Gasteiger partial charge in [0.2, 0.25) is 5.91 Å². The van der Waals surface area contributed by atoms with Gasteiger partial charge in [0.1, 0.15) is 4.90 Å². The normalized spacial score (nSPS) is 13.9. The van der Waals surface area contributed by atoms with Crippen molar-refractivity contribution in [3.63, 3.8) is 0 Å². The van der Waals surface area contributed by atoms with Gasteiger partial charge in [-0.1, -0.05) is 6.07 Å². The molecule has 0 aliphatic carbocycles. The van der Waals surface area contributed by atoms with E-state index in [1.54, 1.807) is 19.1 Å². The number of carboxylic acid groups (broad SMARTS) is 1. The zero-order valence-corrected chi connectivity index (χ0v) is 17.0. The van der Waals surface area contributed by atoms with Crippen LogP contribution in [0.2, 0.25) is 0 Å². The van der Waals surface area contributed by atoms with Crippen molar-refractivity contribution in [2.24, 2.45) is 0 Å². The molecule has 1 amide bonds. The Morgan fingerprint density at radius 3 is 2.31 bits per heavy atom. The van der Waals surface area contributed by atoms with E-state index in [0.717, 1.165) is 31.6 Å². The number of anilines is 3. The molecule has 0 aromatic heterocycles. The summed E-state index contributed by atoms with van der Waals surface area (Å²) in [4.78, 5) is 25.1. The minimum Gasteiger partial charge on any atom is -0.478 e. The van der Waals surface area contributed by atoms with Gasteiger partial charge < -0.3 is 15.3 Å². The molecule has 3 rings (SSSR count). The van der Waals surface area contributed by atoms with E-state index in [9.17, 15) is 23.1 Å². The lowest BCUT2D eigenvalue weighted by Gasteiger charge is -2.20. The summed E-state index contributed by atoms with van der Waals surface area (Å²) in [5.74, 6) is -1.64. The number of rotatable bonds is 6. The van der Waals surface area contributed by atoms with Crippen LogP contribution in [0.5, 0.6) is 0 Å². The van der Waals surface area contributed by atoms with Crippen LogP contribution in [0.25, 0.3) is 0 Å². The number of aromatic carboxylic acids is 1. The second kappa shape index (κ2) is 8.12. The molecule has 8 nitrogen and oxygen atoms in total. The Morgan fingerprint density at radius 2 is 1.69 bits per heavy atom. The van der Waals surface area contributed by atoms with E-state index in [1.807, 2.05) is 0 Å². The third-order valence-electron chi connectivity index (χ3n) is 4.69. The number of benzene rings is 2. The smallest absolute Gasteiger partial charge is 0.337 e. The molecule has 9 heteroatoms. The van der Waals surface area contributed by atoms with E-state index in [-0.39, 0.29) is 21.8 Å². The van der Waals surface area contributed by atoms with Gasteiger partial charge in [0, 0.05) is 25.7 Å². The quantitative estimate of drug-likeness (QED) is 0.665. The molecule has 0 unspecified atom stereocenters. The minimum atomic E-state index is -4.14. The van der Waals surface area contributed by atoms with E-state index in [4.69, 9.17) is 0 Å². The molecule has 1 aliphatic heterocycles. The van der Waals surface area contributed by atoms with Gasteiger partial charge in [0.05, 0.1) is 16.9 Å². The number of amides is 1. The van der Waals surface area contributed by atoms with Gasteiger partial charge in [-0.25, -0.2) is 13.2 Å². The van der Waals surface area contributed by atoms with Crippen molar-refractivity contribution < 1.29 is 23.1 Å². The van der Waals surface area contributed by atoms with E-state index in [0.29, 0.717) is 5.56 Å². The summed E-state index contributed by atoms with van der Waals surface area (Å²) in [6, 6.07) is 9.25. The summed E-state index contributed by atoms with van der Waals surface area (Å²) >= 11 is 0. The molecule has 1 heterocycles. The number of hydrogen-bond donors (Lipinski definition) is 3. The van der Waals surface area contributed by atoms with Gasteiger partial charge in [-0.15, -0.1) is 0 Å². The van der Waals surface area contributed by atoms with Crippen LogP contribution in [-0.4, -0.2) is 38.5 Å². The molecule has 0 atom stereocenters. The van der Waals surface area contributed by atoms with Crippen LogP contribution in [-0.2, 0) is 14.8 Å². The number of carbonyl (C=O) groups excluding carboxylic acids is 1. The first-order valence-electron chi connectivity index (χ1n) is 9.21. The van der Waals surface area contributed by atoms with Crippen LogP contribution in [0.1, 0.15) is 35.7 Å². The maximum Gasteiger partial charge on any atom is 0.337 e. The number of nitrogens with one attached hydrogen (secondary N) is 2. The van der Waals surface area contributed by atoms with Crippen LogP contribution >= 0.6 is 0 Å². The highest BCUT2D eigenvalue weighted by Gasteiger charge is 2.23. The summed E-state index contributed by atoms with van der Waals surface area (Å²) < 4.78 is 28.4. The maximum atomic E-state index is 13.0. The number of aryl methyl sites for hydroxylation is 1. The van der Waals surface area contributed by atoms with E-state index in [1.165, 1.54) is 31.2 Å². The summed E-state index contributed by atoms with van der Waals surface area (Å²) in [6.07, 6.45) is 2.08. The molecule has 3 N–H and O–H groups in total. The van der Waals surface area contributed by atoms with Crippen molar-refractivity contribution in [1.82, 2.24) is 0 Å². The van der Waals surface area contributed by atoms with Gasteiger partial charge in [-0.05, 0) is 55.7 Å². The van der Waals surface area contributed by atoms with Crippen LogP contribution in [0.15, 0.2) is 41.3 Å². The second-order valence-electron chi connectivity index (χ2n) is 7.02. The number of carbonyl (C=O) groups is 2. The number of carboxylic acids is 1. The Hall–Kier alpha value is -3.07. The highest BCUT2D eigenvalue weighted by molar-refractivity contribution is 7.93. The Morgan fingerprint density at radius 1 is 1.03 bits per heavy atom. The molecule has 0 saturated carbocycles. The van der Waals surface area contributed by atoms with E-state index >= 15 is 0 Å². The summed E-state index contributed by atoms with van der Waals surface area (Å²) in [5, 5.41) is 12.1. The summed E-state index contributed by atoms with van der Waals surface area (Å²) in [6.45, 7) is 4.69. The van der Waals surface area contributed by atoms with Gasteiger partial charge in [-0.2, -0.15) is 0 Å². The average molecular weight is 417 g/mol. The molecule has 1 saturated heterocycles. The van der Waals surface area contributed by atoms with Crippen LogP contribution in [0, 0.1) is 6.92 Å². The SMILES string of the molecule is CC(=O)Nc1ccc(C)cc1S(=O)(=O)Nc1ccc(N2CCCC2)cc1C(=O)O. The maximum absolute atomic E-state index is 13.0. The lowest BCUT2D eigenvalue weighted by atomic mass is 10.1. The monoisotopic (exact) mass is 417 g/mol. The molecule has 1 aliphatic rings. The summed E-state index contributed by atoms with van der Waals surface area (Å²) in [7, 11) is -4.14. The van der Waals surface area contributed by atoms with Crippen molar-refractivity contribution in [2.75, 3.05) is 28.0 Å². The first kappa shape index (κ1) is 20.7. The van der Waals surface area contributed by atoms with Crippen molar-refractivity contribution in [3.8, 4) is 0 Å². The lowest BCUT2D eigenvalue weighted by molar-refractivity contribution is -0.114. The van der Waals surface area contributed by atoms with Crippen molar-refractivity contribution in [2.45, 2.75) is 31.6 Å². The van der Waals surface area contributed by atoms with E-state index in [2.05, 4.69) is 14.9 Å². The zero-order chi connectivity index (χ0) is 21.2. The molecule has 0 spiro atoms. The predicted molar refractivity (Wildman–Crippen MR) is 111 cm³/mol. The van der Waals surface area contributed by atoms with Crippen LogP contribution in [0.3, 0.4) is 0 Å². The Balaban J connectivity index is 1.99. The van der Waals surface area contributed by atoms with Crippen molar-refractivity contribution >= 4 is 39.0 Å². The van der Waals surface area contributed by atoms with Gasteiger partial charge in [0.25, 0.3) is 10.0 Å². The second-order valence-corrected chi connectivity index (χ2v) is 8.67. The fourth-order valence-corrected chi connectivity index (χ4v) is 4.64. The molecule has 29 heavy (non-hydrogen) atoms. The average Bonchev–Trinajstić information content (AvgIpc) is 3.17. The number of hydrogen-bond acceptors (Lipinski definition) is 5. The van der Waals surface area contributed by atoms with Gasteiger partial charge in [-0.3, -0.25) is 9.52 Å². The Bertz CT molecular complexity index is 1060. The fraction of sp³-hybridized carbons (Fsp3) is 0.300. The molecule has 2 aromatic carbocycles. The highest BCUT2D eigenvalue weighted by Crippen LogP contribution is 2.30.